The highest BCUT2D eigenvalue weighted by Gasteiger charge is 2.43. The minimum absolute atomic E-state index is 0.116. The van der Waals surface area contributed by atoms with Gasteiger partial charge in [-0.25, -0.2) is 9.59 Å². The Morgan fingerprint density at radius 1 is 1.35 bits per heavy atom. The Hall–Kier alpha value is -2.08. The maximum absolute atomic E-state index is 12.2. The summed E-state index contributed by atoms with van der Waals surface area (Å²) >= 11 is 0. The fourth-order valence-electron chi connectivity index (χ4n) is 2.83. The van der Waals surface area contributed by atoms with Crippen molar-refractivity contribution in [1.29, 1.82) is 0 Å². The van der Waals surface area contributed by atoms with E-state index in [-0.39, 0.29) is 5.56 Å². The molecule has 0 aliphatic carbocycles. The summed E-state index contributed by atoms with van der Waals surface area (Å²) in [5.41, 5.74) is 0.0990. The second-order valence-electron chi connectivity index (χ2n) is 5.20. The molecule has 2 aliphatic rings. The Labute approximate surface area is 116 Å². The molecule has 2 fully saturated rings. The summed E-state index contributed by atoms with van der Waals surface area (Å²) in [5, 5.41) is 12.4. The number of anilines is 1. The van der Waals surface area contributed by atoms with E-state index < -0.39 is 17.7 Å². The first-order valence-electron chi connectivity index (χ1n) is 6.65. The smallest absolute Gasteiger partial charge is 0.414 e. The van der Waals surface area contributed by atoms with E-state index >= 15 is 0 Å². The molecule has 1 amide bonds. The molecule has 2 N–H and O–H groups in total. The normalized spacial score (nSPS) is 25.8. The third-order valence-electron chi connectivity index (χ3n) is 3.95. The van der Waals surface area contributed by atoms with Gasteiger partial charge in [0.05, 0.1) is 11.3 Å². The molecule has 6 heteroatoms. The van der Waals surface area contributed by atoms with Crippen LogP contribution in [0.4, 0.5) is 10.5 Å². The van der Waals surface area contributed by atoms with Crippen LogP contribution in [0, 0.1) is 0 Å². The zero-order valence-corrected chi connectivity index (χ0v) is 11.0. The number of hydrogen-bond donors (Lipinski definition) is 2. The molecule has 1 aromatic carbocycles. The Morgan fingerprint density at radius 3 is 2.80 bits per heavy atom. The number of nitrogens with one attached hydrogen (secondary N) is 1. The van der Waals surface area contributed by atoms with Crippen LogP contribution in [0.15, 0.2) is 24.3 Å². The molecule has 6 nitrogen and oxygen atoms in total. The number of carboxylic acid groups (broad SMARTS) is 1. The van der Waals surface area contributed by atoms with Crippen molar-refractivity contribution in [2.45, 2.75) is 18.4 Å². The molecule has 0 aromatic heterocycles. The molecular formula is C14H16N2O4. The van der Waals surface area contributed by atoms with E-state index in [1.54, 1.807) is 18.2 Å². The number of carbonyl (C=O) groups is 2. The summed E-state index contributed by atoms with van der Waals surface area (Å²) in [6.45, 7) is 2.00. The maximum Gasteiger partial charge on any atom is 0.414 e. The van der Waals surface area contributed by atoms with Crippen LogP contribution < -0.4 is 10.2 Å². The van der Waals surface area contributed by atoms with Gasteiger partial charge in [-0.3, -0.25) is 4.90 Å². The van der Waals surface area contributed by atoms with Gasteiger partial charge >= 0.3 is 12.1 Å². The number of ether oxygens (including phenoxy) is 1. The van der Waals surface area contributed by atoms with Gasteiger partial charge in [0.1, 0.15) is 5.60 Å². The first kappa shape index (κ1) is 12.9. The van der Waals surface area contributed by atoms with Crippen LogP contribution in [-0.4, -0.2) is 42.4 Å². The van der Waals surface area contributed by atoms with Crippen molar-refractivity contribution in [3.8, 4) is 0 Å². The number of hydrogen-bond acceptors (Lipinski definition) is 4. The van der Waals surface area contributed by atoms with E-state index in [4.69, 9.17) is 4.74 Å². The van der Waals surface area contributed by atoms with Crippen molar-refractivity contribution < 1.29 is 19.4 Å². The molecule has 2 aliphatic heterocycles. The lowest BCUT2D eigenvalue weighted by Gasteiger charge is -2.38. The number of amides is 1. The first-order valence-corrected chi connectivity index (χ1v) is 6.65. The molecule has 20 heavy (non-hydrogen) atoms. The highest BCUT2D eigenvalue weighted by atomic mass is 16.6. The summed E-state index contributed by atoms with van der Waals surface area (Å²) < 4.78 is 5.57. The first-order chi connectivity index (χ1) is 9.61. The lowest BCUT2D eigenvalue weighted by atomic mass is 9.96. The third kappa shape index (κ3) is 2.12. The van der Waals surface area contributed by atoms with Crippen molar-refractivity contribution >= 4 is 17.7 Å². The largest absolute Gasteiger partial charge is 0.478 e. The number of nitrogens with zero attached hydrogens (tertiary/aromatic N) is 1. The van der Waals surface area contributed by atoms with Gasteiger partial charge < -0.3 is 15.2 Å². The minimum atomic E-state index is -1.05. The van der Waals surface area contributed by atoms with Gasteiger partial charge in [0.25, 0.3) is 0 Å². The van der Waals surface area contributed by atoms with Crippen LogP contribution in [0.2, 0.25) is 0 Å². The van der Waals surface area contributed by atoms with Crippen LogP contribution in [0.1, 0.15) is 23.2 Å². The predicted octanol–water partition coefficient (Wildman–Crippen LogP) is 1.46. The second-order valence-corrected chi connectivity index (χ2v) is 5.20. The molecule has 3 rings (SSSR count). The van der Waals surface area contributed by atoms with Gasteiger partial charge in [-0.05, 0) is 18.7 Å². The van der Waals surface area contributed by atoms with E-state index in [0.717, 1.165) is 13.0 Å². The Kier molecular flexibility index (Phi) is 3.10. The second kappa shape index (κ2) is 4.79. The molecule has 1 aromatic rings. The molecule has 2 heterocycles. The number of rotatable bonds is 2. The quantitative estimate of drug-likeness (QED) is 0.855. The van der Waals surface area contributed by atoms with Gasteiger partial charge in [0.2, 0.25) is 0 Å². The summed E-state index contributed by atoms with van der Waals surface area (Å²) in [6, 6.07) is 6.49. The zero-order chi connectivity index (χ0) is 14.2. The van der Waals surface area contributed by atoms with Gasteiger partial charge in [0, 0.05) is 25.9 Å². The number of carbonyl (C=O) groups excluding carboxylic acids is 1. The van der Waals surface area contributed by atoms with Crippen LogP contribution in [0.5, 0.6) is 0 Å². The number of aromatic carboxylic acids is 1. The molecule has 2 saturated heterocycles. The van der Waals surface area contributed by atoms with E-state index in [2.05, 4.69) is 5.32 Å². The number of para-hydroxylation sites is 1. The minimum Gasteiger partial charge on any atom is -0.478 e. The highest BCUT2D eigenvalue weighted by Crippen LogP contribution is 2.32. The number of benzene rings is 1. The molecule has 0 radical (unpaired) electrons. The van der Waals surface area contributed by atoms with Crippen LogP contribution in [-0.2, 0) is 4.74 Å². The summed E-state index contributed by atoms with van der Waals surface area (Å²) in [4.78, 5) is 24.9. The van der Waals surface area contributed by atoms with E-state index in [1.165, 1.54) is 11.0 Å². The Morgan fingerprint density at radius 2 is 2.15 bits per heavy atom. The monoisotopic (exact) mass is 276 g/mol. The topological polar surface area (TPSA) is 78.9 Å². The average molecular weight is 276 g/mol. The van der Waals surface area contributed by atoms with Crippen LogP contribution >= 0.6 is 0 Å². The standard InChI is InChI=1S/C14H16N2O4/c17-12(18)10-3-1-2-4-11(10)16-8-6-14(20-13(16)19)5-7-15-9-14/h1-4,15H,5-9H2,(H,17,18). The Bertz CT molecular complexity index is 552. The molecule has 1 spiro atoms. The van der Waals surface area contributed by atoms with Crippen LogP contribution in [0.25, 0.3) is 0 Å². The molecular weight excluding hydrogens is 260 g/mol. The average Bonchev–Trinajstić information content (AvgIpc) is 2.87. The highest BCUT2D eigenvalue weighted by molar-refractivity contribution is 6.00. The maximum atomic E-state index is 12.2. The molecule has 1 atom stereocenters. The fourth-order valence-corrected chi connectivity index (χ4v) is 2.83. The lowest BCUT2D eigenvalue weighted by Crippen LogP contribution is -2.51. The van der Waals surface area contributed by atoms with E-state index in [1.807, 2.05) is 0 Å². The van der Waals surface area contributed by atoms with Crippen molar-refractivity contribution in [3.05, 3.63) is 29.8 Å². The van der Waals surface area contributed by atoms with Gasteiger partial charge in [-0.15, -0.1) is 0 Å². The summed E-state index contributed by atoms with van der Waals surface area (Å²) in [7, 11) is 0. The summed E-state index contributed by atoms with van der Waals surface area (Å²) in [6.07, 6.45) is 1.06. The van der Waals surface area contributed by atoms with Crippen molar-refractivity contribution in [2.75, 3.05) is 24.5 Å². The Balaban J connectivity index is 1.86. The van der Waals surface area contributed by atoms with Gasteiger partial charge in [-0.2, -0.15) is 0 Å². The number of carboxylic acids is 1. The van der Waals surface area contributed by atoms with Gasteiger partial charge in [-0.1, -0.05) is 12.1 Å². The van der Waals surface area contributed by atoms with Crippen molar-refractivity contribution in [2.24, 2.45) is 0 Å². The van der Waals surface area contributed by atoms with E-state index in [0.29, 0.717) is 25.2 Å². The third-order valence-corrected chi connectivity index (χ3v) is 3.95. The van der Waals surface area contributed by atoms with Crippen molar-refractivity contribution in [1.82, 2.24) is 5.32 Å². The lowest BCUT2D eigenvalue weighted by molar-refractivity contribution is 0.0105. The molecule has 0 saturated carbocycles. The van der Waals surface area contributed by atoms with Gasteiger partial charge in [0.15, 0.2) is 0 Å². The molecule has 0 bridgehead atoms. The predicted molar refractivity (Wildman–Crippen MR) is 72.1 cm³/mol. The van der Waals surface area contributed by atoms with E-state index in [9.17, 15) is 14.7 Å². The van der Waals surface area contributed by atoms with Crippen molar-refractivity contribution in [3.63, 3.8) is 0 Å². The molecule has 1 unspecified atom stereocenters. The zero-order valence-electron chi connectivity index (χ0n) is 11.0. The fraction of sp³-hybridized carbons (Fsp3) is 0.429. The molecule has 106 valence electrons. The summed E-state index contributed by atoms with van der Waals surface area (Å²) in [5.74, 6) is -1.05. The SMILES string of the molecule is O=C(O)c1ccccc1N1CCC2(CCNC2)OC1=O. The van der Waals surface area contributed by atoms with Crippen LogP contribution in [0.3, 0.4) is 0 Å².